The summed E-state index contributed by atoms with van der Waals surface area (Å²) in [6.45, 7) is 6.61. The van der Waals surface area contributed by atoms with E-state index in [0.717, 1.165) is 29.3 Å². The van der Waals surface area contributed by atoms with Gasteiger partial charge in [0.05, 0.1) is 5.69 Å². The maximum absolute atomic E-state index is 4.38. The van der Waals surface area contributed by atoms with Crippen molar-refractivity contribution in [1.82, 2.24) is 9.78 Å². The maximum Gasteiger partial charge on any atom is 0.0596 e. The molecule has 0 radical (unpaired) electrons. The van der Waals surface area contributed by atoms with Gasteiger partial charge in [-0.05, 0) is 37.7 Å². The van der Waals surface area contributed by atoms with E-state index in [2.05, 4.69) is 47.9 Å². The molecule has 1 atom stereocenters. The van der Waals surface area contributed by atoms with Crippen molar-refractivity contribution in [2.45, 2.75) is 33.6 Å². The van der Waals surface area contributed by atoms with Crippen LogP contribution in [0.1, 0.15) is 31.7 Å². The van der Waals surface area contributed by atoms with Gasteiger partial charge in [-0.25, -0.2) is 0 Å². The van der Waals surface area contributed by atoms with Crippen LogP contribution in [0.2, 0.25) is 0 Å². The zero-order valence-electron chi connectivity index (χ0n) is 10.1. The first kappa shape index (κ1) is 12.8. The summed E-state index contributed by atoms with van der Waals surface area (Å²) in [6, 6.07) is 2.19. The first-order valence-corrected chi connectivity index (χ1v) is 6.70. The third kappa shape index (κ3) is 3.98. The summed E-state index contributed by atoms with van der Waals surface area (Å²) in [5, 5.41) is 5.46. The van der Waals surface area contributed by atoms with Crippen molar-refractivity contribution in [2.75, 3.05) is 5.33 Å². The van der Waals surface area contributed by atoms with E-state index in [4.69, 9.17) is 0 Å². The molecule has 0 bridgehead atoms. The molecule has 1 rings (SSSR count). The van der Waals surface area contributed by atoms with Gasteiger partial charge in [0.1, 0.15) is 0 Å². The summed E-state index contributed by atoms with van der Waals surface area (Å²) in [6.07, 6.45) is 2.40. The normalized spacial score (nSPS) is 13.5. The molecule has 86 valence electrons. The number of halogens is 1. The minimum absolute atomic E-state index is 0.722. The topological polar surface area (TPSA) is 17.8 Å². The average molecular weight is 273 g/mol. The molecule has 0 aromatic carbocycles. The molecular weight excluding hydrogens is 252 g/mol. The first-order valence-electron chi connectivity index (χ1n) is 5.58. The van der Waals surface area contributed by atoms with Gasteiger partial charge >= 0.3 is 0 Å². The van der Waals surface area contributed by atoms with Gasteiger partial charge in [-0.3, -0.25) is 4.68 Å². The standard InChI is InChI=1S/C12H21BrN2/c1-9(2)5-11(8-13)7-12-6-10(3)14-15(12)4/h6,9,11H,5,7-8H2,1-4H3. The molecule has 0 aliphatic heterocycles. The SMILES string of the molecule is Cc1cc(CC(CBr)CC(C)C)n(C)n1. The molecule has 1 heterocycles. The van der Waals surface area contributed by atoms with Crippen LogP contribution < -0.4 is 0 Å². The Bertz CT molecular complexity index is 305. The summed E-state index contributed by atoms with van der Waals surface area (Å²) in [5.74, 6) is 1.49. The molecule has 1 aromatic rings. The van der Waals surface area contributed by atoms with Crippen LogP contribution in [0.5, 0.6) is 0 Å². The van der Waals surface area contributed by atoms with Crippen LogP contribution in [0.25, 0.3) is 0 Å². The number of alkyl halides is 1. The van der Waals surface area contributed by atoms with Crippen LogP contribution in [-0.4, -0.2) is 15.1 Å². The summed E-state index contributed by atoms with van der Waals surface area (Å²) in [4.78, 5) is 0. The third-order valence-electron chi connectivity index (χ3n) is 2.62. The monoisotopic (exact) mass is 272 g/mol. The van der Waals surface area contributed by atoms with Crippen molar-refractivity contribution in [1.29, 1.82) is 0 Å². The van der Waals surface area contributed by atoms with Crippen LogP contribution in [-0.2, 0) is 13.5 Å². The lowest BCUT2D eigenvalue weighted by Gasteiger charge is -2.16. The molecule has 1 unspecified atom stereocenters. The van der Waals surface area contributed by atoms with E-state index in [9.17, 15) is 0 Å². The molecule has 0 aliphatic rings. The van der Waals surface area contributed by atoms with Gasteiger partial charge < -0.3 is 0 Å². The zero-order valence-corrected chi connectivity index (χ0v) is 11.7. The number of hydrogen-bond acceptors (Lipinski definition) is 1. The quantitative estimate of drug-likeness (QED) is 0.752. The van der Waals surface area contributed by atoms with Gasteiger partial charge in [-0.1, -0.05) is 29.8 Å². The van der Waals surface area contributed by atoms with Crippen LogP contribution in [0.3, 0.4) is 0 Å². The highest BCUT2D eigenvalue weighted by atomic mass is 79.9. The predicted molar refractivity (Wildman–Crippen MR) is 68.4 cm³/mol. The van der Waals surface area contributed by atoms with Gasteiger partial charge in [0, 0.05) is 18.1 Å². The Morgan fingerprint density at radius 1 is 1.47 bits per heavy atom. The molecule has 1 aromatic heterocycles. The molecule has 15 heavy (non-hydrogen) atoms. The van der Waals surface area contributed by atoms with Crippen molar-refractivity contribution < 1.29 is 0 Å². The molecule has 0 spiro atoms. The third-order valence-corrected chi connectivity index (χ3v) is 3.54. The lowest BCUT2D eigenvalue weighted by Crippen LogP contribution is -2.12. The number of hydrogen-bond donors (Lipinski definition) is 0. The Kier molecular flexibility index (Phi) is 4.84. The summed E-state index contributed by atoms with van der Waals surface area (Å²) in [5.41, 5.74) is 2.46. The summed E-state index contributed by atoms with van der Waals surface area (Å²) >= 11 is 3.60. The fourth-order valence-electron chi connectivity index (χ4n) is 2.02. The van der Waals surface area contributed by atoms with Crippen molar-refractivity contribution in [3.63, 3.8) is 0 Å². The molecule has 0 saturated carbocycles. The van der Waals surface area contributed by atoms with Crippen molar-refractivity contribution >= 4 is 15.9 Å². The molecule has 0 fully saturated rings. The Labute approximate surface area is 101 Å². The van der Waals surface area contributed by atoms with Crippen molar-refractivity contribution in [3.8, 4) is 0 Å². The fraction of sp³-hybridized carbons (Fsp3) is 0.750. The average Bonchev–Trinajstić information content (AvgIpc) is 2.43. The smallest absolute Gasteiger partial charge is 0.0596 e. The Morgan fingerprint density at radius 2 is 2.13 bits per heavy atom. The van der Waals surface area contributed by atoms with E-state index in [1.165, 1.54) is 12.1 Å². The minimum Gasteiger partial charge on any atom is -0.272 e. The van der Waals surface area contributed by atoms with Gasteiger partial charge in [-0.15, -0.1) is 0 Å². The molecule has 0 saturated heterocycles. The van der Waals surface area contributed by atoms with Gasteiger partial charge in [-0.2, -0.15) is 5.10 Å². The van der Waals surface area contributed by atoms with Gasteiger partial charge in [0.15, 0.2) is 0 Å². The minimum atomic E-state index is 0.722. The molecule has 0 aliphatic carbocycles. The van der Waals surface area contributed by atoms with E-state index in [1.54, 1.807) is 0 Å². The second kappa shape index (κ2) is 5.69. The predicted octanol–water partition coefficient (Wildman–Crippen LogP) is 3.33. The lowest BCUT2D eigenvalue weighted by atomic mass is 9.94. The molecular formula is C12H21BrN2. The Morgan fingerprint density at radius 3 is 2.53 bits per heavy atom. The summed E-state index contributed by atoms with van der Waals surface area (Å²) < 4.78 is 2.01. The second-order valence-electron chi connectivity index (χ2n) is 4.75. The van der Waals surface area contributed by atoms with Gasteiger partial charge in [0.2, 0.25) is 0 Å². The van der Waals surface area contributed by atoms with Crippen LogP contribution in [0.15, 0.2) is 6.07 Å². The highest BCUT2D eigenvalue weighted by molar-refractivity contribution is 9.09. The molecule has 3 heteroatoms. The Balaban J connectivity index is 2.62. The van der Waals surface area contributed by atoms with Crippen LogP contribution in [0, 0.1) is 18.8 Å². The van der Waals surface area contributed by atoms with Crippen LogP contribution >= 0.6 is 15.9 Å². The largest absolute Gasteiger partial charge is 0.272 e. The Hall–Kier alpha value is -0.310. The number of aromatic nitrogens is 2. The van der Waals surface area contributed by atoms with E-state index in [1.807, 2.05) is 11.7 Å². The van der Waals surface area contributed by atoms with Gasteiger partial charge in [0.25, 0.3) is 0 Å². The second-order valence-corrected chi connectivity index (χ2v) is 5.40. The van der Waals surface area contributed by atoms with E-state index < -0.39 is 0 Å². The van der Waals surface area contributed by atoms with E-state index in [0.29, 0.717) is 0 Å². The first-order chi connectivity index (χ1) is 7.02. The zero-order chi connectivity index (χ0) is 11.4. The molecule has 0 amide bonds. The van der Waals surface area contributed by atoms with E-state index in [-0.39, 0.29) is 0 Å². The molecule has 0 N–H and O–H groups in total. The summed E-state index contributed by atoms with van der Waals surface area (Å²) in [7, 11) is 2.03. The maximum atomic E-state index is 4.38. The highest BCUT2D eigenvalue weighted by Gasteiger charge is 2.13. The number of aryl methyl sites for hydroxylation is 2. The van der Waals surface area contributed by atoms with Crippen LogP contribution in [0.4, 0.5) is 0 Å². The van der Waals surface area contributed by atoms with E-state index >= 15 is 0 Å². The lowest BCUT2D eigenvalue weighted by molar-refractivity contribution is 0.435. The fourth-order valence-corrected chi connectivity index (χ4v) is 2.51. The molecule has 2 nitrogen and oxygen atoms in total. The number of nitrogens with zero attached hydrogens (tertiary/aromatic N) is 2. The van der Waals surface area contributed by atoms with Crippen molar-refractivity contribution in [2.24, 2.45) is 18.9 Å². The highest BCUT2D eigenvalue weighted by Crippen LogP contribution is 2.19. The number of rotatable bonds is 5. The van der Waals surface area contributed by atoms with Crippen molar-refractivity contribution in [3.05, 3.63) is 17.5 Å².